The van der Waals surface area contributed by atoms with Crippen LogP contribution in [-0.4, -0.2) is 26.6 Å². The largest absolute Gasteiger partial charge is 0.334 e. The van der Waals surface area contributed by atoms with E-state index in [4.69, 9.17) is 5.26 Å². The van der Waals surface area contributed by atoms with Crippen LogP contribution in [-0.2, 0) is 13.5 Å². The molecule has 4 aromatic heterocycles. The molecule has 0 fully saturated rings. The molecule has 0 aliphatic rings. The van der Waals surface area contributed by atoms with Crippen LogP contribution in [0, 0.1) is 11.3 Å². The second-order valence-electron chi connectivity index (χ2n) is 6.27. The average Bonchev–Trinajstić information content (AvgIpc) is 3.41. The van der Waals surface area contributed by atoms with E-state index in [1.807, 2.05) is 56.9 Å². The van der Waals surface area contributed by atoms with Crippen molar-refractivity contribution in [3.05, 3.63) is 53.4 Å². The summed E-state index contributed by atoms with van der Waals surface area (Å²) >= 11 is 1.46. The van der Waals surface area contributed by atoms with Crippen molar-refractivity contribution in [1.82, 2.24) is 19.5 Å². The van der Waals surface area contributed by atoms with Crippen LogP contribution < -0.4 is 4.90 Å². The molecule has 4 aromatic rings. The minimum Gasteiger partial charge on any atom is -0.334 e. The molecule has 4 heterocycles. The Morgan fingerprint density at radius 3 is 2.62 bits per heavy atom. The summed E-state index contributed by atoms with van der Waals surface area (Å²) in [6, 6.07) is 10.1. The van der Waals surface area contributed by atoms with Crippen molar-refractivity contribution >= 4 is 33.9 Å². The van der Waals surface area contributed by atoms with Gasteiger partial charge in [-0.25, -0.2) is 9.97 Å². The predicted molar refractivity (Wildman–Crippen MR) is 120 cm³/mol. The summed E-state index contributed by atoms with van der Waals surface area (Å²) in [6.45, 7) is 6.13. The van der Waals surface area contributed by atoms with Gasteiger partial charge in [-0.2, -0.15) is 5.26 Å². The Bertz CT molecular complexity index is 1170. The Balaban J connectivity index is 0.00000117. The molecule has 0 radical (unpaired) electrons. The lowest BCUT2D eigenvalue weighted by molar-refractivity contribution is 0.946. The Kier molecular flexibility index (Phi) is 6.25. The fraction of sp³-hybridized carbons (Fsp3) is 0.273. The summed E-state index contributed by atoms with van der Waals surface area (Å²) in [5.74, 6) is 0.846. The first-order valence-electron chi connectivity index (χ1n) is 9.60. The van der Waals surface area contributed by atoms with Gasteiger partial charge in [0, 0.05) is 20.2 Å². The number of thiophene rings is 1. The first-order valence-corrected chi connectivity index (χ1v) is 10.4. The van der Waals surface area contributed by atoms with Crippen LogP contribution in [0.5, 0.6) is 0 Å². The fourth-order valence-electron chi connectivity index (χ4n) is 3.07. The quantitative estimate of drug-likeness (QED) is 0.460. The van der Waals surface area contributed by atoms with Gasteiger partial charge >= 0.3 is 0 Å². The Hall–Kier alpha value is -3.24. The minimum atomic E-state index is 0.694. The highest BCUT2D eigenvalue weighted by Gasteiger charge is 2.14. The van der Waals surface area contributed by atoms with E-state index in [0.29, 0.717) is 4.88 Å². The Morgan fingerprint density at radius 2 is 1.93 bits per heavy atom. The van der Waals surface area contributed by atoms with Gasteiger partial charge in [0.2, 0.25) is 0 Å². The number of nitriles is 1. The number of imidazole rings is 1. The lowest BCUT2D eigenvalue weighted by Crippen LogP contribution is -2.14. The molecule has 0 saturated carbocycles. The second kappa shape index (κ2) is 8.84. The maximum Gasteiger partial charge on any atom is 0.134 e. The predicted octanol–water partition coefficient (Wildman–Crippen LogP) is 5.32. The van der Waals surface area contributed by atoms with Crippen molar-refractivity contribution in [1.29, 1.82) is 5.26 Å². The summed E-state index contributed by atoms with van der Waals surface area (Å²) < 4.78 is 1.99. The molecule has 29 heavy (non-hydrogen) atoms. The van der Waals surface area contributed by atoms with E-state index in [9.17, 15) is 0 Å². The van der Waals surface area contributed by atoms with Gasteiger partial charge in [0.05, 0.1) is 40.5 Å². The third-order valence-electron chi connectivity index (χ3n) is 4.62. The maximum absolute atomic E-state index is 9.04. The van der Waals surface area contributed by atoms with E-state index in [1.165, 1.54) is 16.9 Å². The van der Waals surface area contributed by atoms with Crippen LogP contribution >= 0.6 is 11.3 Å². The highest BCUT2D eigenvalue weighted by atomic mass is 32.1. The standard InChI is InChI=1S/C20H18N6S.C2H6/c1-4-13-7-15(19-6-5-14(9-21)27-19)22-11-18(13)26(3)20-8-17-16(10-23-20)24-12-25(17)2;1-2/h5-8,10-12H,4H2,1-3H3;1-2H3. The number of nitrogens with zero attached hydrogens (tertiary/aromatic N) is 6. The molecular weight excluding hydrogens is 380 g/mol. The van der Waals surface area contributed by atoms with Crippen molar-refractivity contribution in [3.8, 4) is 16.6 Å². The van der Waals surface area contributed by atoms with Crippen molar-refractivity contribution in [2.24, 2.45) is 7.05 Å². The molecule has 7 heteroatoms. The van der Waals surface area contributed by atoms with Crippen molar-refractivity contribution in [2.45, 2.75) is 27.2 Å². The summed E-state index contributed by atoms with van der Waals surface area (Å²) in [4.78, 5) is 17.3. The molecule has 0 aliphatic carbocycles. The molecule has 0 bridgehead atoms. The molecule has 0 aromatic carbocycles. The molecule has 148 valence electrons. The Morgan fingerprint density at radius 1 is 1.14 bits per heavy atom. The number of fused-ring (bicyclic) bond motifs is 1. The smallest absolute Gasteiger partial charge is 0.134 e. The first kappa shape index (κ1) is 20.5. The van der Waals surface area contributed by atoms with Crippen molar-refractivity contribution in [2.75, 3.05) is 11.9 Å². The van der Waals surface area contributed by atoms with Crippen LogP contribution in [0.15, 0.2) is 43.0 Å². The molecule has 0 saturated heterocycles. The molecule has 4 rings (SSSR count). The Labute approximate surface area is 175 Å². The first-order chi connectivity index (χ1) is 14.1. The minimum absolute atomic E-state index is 0.694. The van der Waals surface area contributed by atoms with E-state index in [-0.39, 0.29) is 0 Å². The van der Waals surface area contributed by atoms with Crippen LogP contribution in [0.3, 0.4) is 0 Å². The van der Waals surface area contributed by atoms with Gasteiger partial charge in [0.25, 0.3) is 0 Å². The van der Waals surface area contributed by atoms with Crippen LogP contribution in [0.25, 0.3) is 21.6 Å². The lowest BCUT2D eigenvalue weighted by Gasteiger charge is -2.21. The number of rotatable bonds is 4. The summed E-state index contributed by atoms with van der Waals surface area (Å²) in [6.07, 6.45) is 6.35. The number of hydrogen-bond acceptors (Lipinski definition) is 6. The molecule has 0 spiro atoms. The molecule has 0 amide bonds. The SMILES string of the molecule is CC.CCc1cc(-c2ccc(C#N)s2)ncc1N(C)c1cc2c(cn1)ncn2C. The number of pyridine rings is 2. The number of aromatic nitrogens is 4. The van der Waals surface area contributed by atoms with Crippen LogP contribution in [0.2, 0.25) is 0 Å². The van der Waals surface area contributed by atoms with E-state index >= 15 is 0 Å². The topological polar surface area (TPSA) is 70.6 Å². The molecule has 0 atom stereocenters. The van der Waals surface area contributed by atoms with E-state index in [2.05, 4.69) is 38.9 Å². The number of anilines is 2. The number of hydrogen-bond donors (Lipinski definition) is 0. The zero-order chi connectivity index (χ0) is 21.0. The molecule has 6 nitrogen and oxygen atoms in total. The highest BCUT2D eigenvalue weighted by molar-refractivity contribution is 7.15. The lowest BCUT2D eigenvalue weighted by atomic mass is 10.1. The molecule has 0 unspecified atom stereocenters. The van der Waals surface area contributed by atoms with Gasteiger partial charge in [-0.1, -0.05) is 20.8 Å². The van der Waals surface area contributed by atoms with Crippen molar-refractivity contribution < 1.29 is 0 Å². The molecule has 0 aliphatic heterocycles. The summed E-state index contributed by atoms with van der Waals surface area (Å²) in [7, 11) is 3.97. The molecule has 0 N–H and O–H groups in total. The van der Waals surface area contributed by atoms with Gasteiger partial charge in [-0.05, 0) is 30.2 Å². The molecular formula is C22H24N6S. The summed E-state index contributed by atoms with van der Waals surface area (Å²) in [5.41, 5.74) is 5.01. The van der Waals surface area contributed by atoms with Gasteiger partial charge in [0.15, 0.2) is 0 Å². The number of aryl methyl sites for hydroxylation is 2. The zero-order valence-electron chi connectivity index (χ0n) is 17.3. The van der Waals surface area contributed by atoms with Crippen LogP contribution in [0.1, 0.15) is 31.2 Å². The third kappa shape index (κ3) is 3.98. The second-order valence-corrected chi connectivity index (χ2v) is 7.36. The maximum atomic E-state index is 9.04. The van der Waals surface area contributed by atoms with E-state index in [0.717, 1.165) is 39.5 Å². The van der Waals surface area contributed by atoms with Gasteiger partial charge in [0.1, 0.15) is 22.3 Å². The normalized spacial score (nSPS) is 10.3. The average molecular weight is 405 g/mol. The van der Waals surface area contributed by atoms with Gasteiger partial charge in [-0.15, -0.1) is 11.3 Å². The van der Waals surface area contributed by atoms with Crippen molar-refractivity contribution in [3.63, 3.8) is 0 Å². The fourth-order valence-corrected chi connectivity index (χ4v) is 3.84. The monoisotopic (exact) mass is 404 g/mol. The zero-order valence-corrected chi connectivity index (χ0v) is 18.2. The van der Waals surface area contributed by atoms with Gasteiger partial charge < -0.3 is 9.47 Å². The van der Waals surface area contributed by atoms with E-state index in [1.54, 1.807) is 12.5 Å². The van der Waals surface area contributed by atoms with Crippen LogP contribution in [0.4, 0.5) is 11.5 Å². The highest BCUT2D eigenvalue weighted by Crippen LogP contribution is 2.32. The third-order valence-corrected chi connectivity index (χ3v) is 5.63. The summed E-state index contributed by atoms with van der Waals surface area (Å²) in [5, 5.41) is 9.04. The van der Waals surface area contributed by atoms with E-state index < -0.39 is 0 Å². The van der Waals surface area contributed by atoms with Gasteiger partial charge in [-0.3, -0.25) is 4.98 Å².